The van der Waals surface area contributed by atoms with Crippen LogP contribution in [0.25, 0.3) is 11.1 Å². The van der Waals surface area contributed by atoms with E-state index >= 15 is 0 Å². The molecular weight excluding hydrogens is 434 g/mol. The predicted molar refractivity (Wildman–Crippen MR) is 125 cm³/mol. The third-order valence-corrected chi connectivity index (χ3v) is 4.73. The van der Waals surface area contributed by atoms with Gasteiger partial charge in [-0.05, 0) is 66.2 Å². The van der Waals surface area contributed by atoms with E-state index in [2.05, 4.69) is 16.2 Å². The monoisotopic (exact) mass is 453 g/mol. The Hall–Kier alpha value is -3.42. The lowest BCUT2D eigenvalue weighted by molar-refractivity contribution is -0.121. The number of benzene rings is 3. The van der Waals surface area contributed by atoms with Gasteiger partial charge in [-0.3, -0.25) is 25.8 Å². The Kier molecular flexibility index (Phi) is 7.59. The van der Waals surface area contributed by atoms with Gasteiger partial charge in [-0.25, -0.2) is 0 Å². The second-order valence-corrected chi connectivity index (χ2v) is 7.44. The van der Waals surface area contributed by atoms with Gasteiger partial charge in [-0.1, -0.05) is 54.1 Å². The van der Waals surface area contributed by atoms with E-state index in [4.69, 9.17) is 28.6 Å². The summed E-state index contributed by atoms with van der Waals surface area (Å²) in [5, 5.41) is 2.98. The van der Waals surface area contributed by atoms with E-state index in [0.29, 0.717) is 16.3 Å². The summed E-state index contributed by atoms with van der Waals surface area (Å²) in [5.41, 5.74) is 8.28. The van der Waals surface area contributed by atoms with E-state index in [1.165, 1.54) is 0 Å². The summed E-state index contributed by atoms with van der Waals surface area (Å²) in [6.45, 7) is 1.59. The minimum atomic E-state index is -0.465. The third-order valence-electron chi connectivity index (χ3n) is 4.29. The van der Waals surface area contributed by atoms with Crippen LogP contribution < -0.4 is 20.9 Å². The van der Waals surface area contributed by atoms with Gasteiger partial charge in [-0.2, -0.15) is 0 Å². The van der Waals surface area contributed by atoms with Gasteiger partial charge in [-0.15, -0.1) is 0 Å². The Labute approximate surface area is 190 Å². The number of carbonyl (C=O) groups excluding carboxylic acids is 2. The molecule has 0 unspecified atom stereocenters. The molecule has 2 amide bonds. The van der Waals surface area contributed by atoms with Gasteiger partial charge < -0.3 is 4.74 Å². The van der Waals surface area contributed by atoms with Crippen molar-refractivity contribution < 1.29 is 14.3 Å². The number of thiocarbonyl (C=S) groups is 1. The first-order chi connectivity index (χ1) is 14.9. The number of hydrazine groups is 1. The van der Waals surface area contributed by atoms with Crippen LogP contribution in [0.15, 0.2) is 72.8 Å². The van der Waals surface area contributed by atoms with Crippen LogP contribution in [-0.4, -0.2) is 23.5 Å². The third kappa shape index (κ3) is 6.53. The highest BCUT2D eigenvalue weighted by Gasteiger charge is 2.10. The highest BCUT2D eigenvalue weighted by molar-refractivity contribution is 7.80. The molecule has 158 valence electrons. The summed E-state index contributed by atoms with van der Waals surface area (Å²) in [6, 6.07) is 22.1. The van der Waals surface area contributed by atoms with Crippen molar-refractivity contribution in [1.82, 2.24) is 16.2 Å². The number of halogens is 1. The molecule has 3 aromatic carbocycles. The standard InChI is InChI=1S/C23H20ClN3O3S/c1-15-13-19(24)11-12-20(15)30-14-21(28)25-23(31)27-26-22(29)18-9-7-17(8-10-18)16-5-3-2-4-6-16/h2-13H,14H2,1H3,(H,26,29)(H2,25,27,28,31). The molecule has 0 spiro atoms. The molecule has 0 heterocycles. The minimum absolute atomic E-state index is 0.0457. The maximum atomic E-state index is 12.3. The number of amides is 2. The lowest BCUT2D eigenvalue weighted by Crippen LogP contribution is -2.49. The molecule has 0 bridgehead atoms. The number of hydrogen-bond acceptors (Lipinski definition) is 4. The van der Waals surface area contributed by atoms with Crippen LogP contribution in [0.5, 0.6) is 5.75 Å². The summed E-state index contributed by atoms with van der Waals surface area (Å²) in [4.78, 5) is 24.3. The van der Waals surface area contributed by atoms with Crippen molar-refractivity contribution >= 4 is 40.7 Å². The first kappa shape index (κ1) is 22.3. The normalized spacial score (nSPS) is 10.1. The van der Waals surface area contributed by atoms with Gasteiger partial charge in [0.2, 0.25) is 0 Å². The van der Waals surface area contributed by atoms with Crippen molar-refractivity contribution in [3.05, 3.63) is 88.9 Å². The molecule has 0 radical (unpaired) electrons. The Balaban J connectivity index is 1.44. The summed E-state index contributed by atoms with van der Waals surface area (Å²) < 4.78 is 5.45. The second kappa shape index (κ2) is 10.6. The number of hydrogen-bond donors (Lipinski definition) is 3. The van der Waals surface area contributed by atoms with Crippen LogP contribution in [-0.2, 0) is 4.79 Å². The lowest BCUT2D eigenvalue weighted by Gasteiger charge is -2.12. The van der Waals surface area contributed by atoms with E-state index in [0.717, 1.165) is 16.7 Å². The summed E-state index contributed by atoms with van der Waals surface area (Å²) in [7, 11) is 0. The van der Waals surface area contributed by atoms with Crippen LogP contribution in [0.2, 0.25) is 5.02 Å². The molecule has 0 saturated heterocycles. The van der Waals surface area contributed by atoms with Crippen molar-refractivity contribution in [2.24, 2.45) is 0 Å². The highest BCUT2D eigenvalue weighted by Crippen LogP contribution is 2.21. The largest absolute Gasteiger partial charge is 0.483 e. The van der Waals surface area contributed by atoms with Crippen molar-refractivity contribution in [3.63, 3.8) is 0 Å². The maximum absolute atomic E-state index is 12.3. The van der Waals surface area contributed by atoms with Crippen LogP contribution in [0, 0.1) is 6.92 Å². The van der Waals surface area contributed by atoms with Crippen molar-refractivity contribution in [2.45, 2.75) is 6.92 Å². The zero-order valence-corrected chi connectivity index (χ0v) is 18.2. The maximum Gasteiger partial charge on any atom is 0.269 e. The molecule has 3 aromatic rings. The van der Waals surface area contributed by atoms with Crippen molar-refractivity contribution in [3.8, 4) is 16.9 Å². The zero-order valence-electron chi connectivity index (χ0n) is 16.6. The molecule has 0 fully saturated rings. The van der Waals surface area contributed by atoms with E-state index in [-0.39, 0.29) is 17.6 Å². The summed E-state index contributed by atoms with van der Waals surface area (Å²) in [6.07, 6.45) is 0. The molecule has 31 heavy (non-hydrogen) atoms. The molecule has 0 saturated carbocycles. The average molecular weight is 454 g/mol. The van der Waals surface area contributed by atoms with E-state index in [1.807, 2.05) is 49.4 Å². The Morgan fingerprint density at radius 1 is 0.935 bits per heavy atom. The number of aryl methyl sites for hydroxylation is 1. The van der Waals surface area contributed by atoms with Gasteiger partial charge in [0.15, 0.2) is 11.7 Å². The van der Waals surface area contributed by atoms with E-state index < -0.39 is 5.91 Å². The van der Waals surface area contributed by atoms with Gasteiger partial charge >= 0.3 is 0 Å². The number of rotatable bonds is 5. The van der Waals surface area contributed by atoms with Crippen molar-refractivity contribution in [2.75, 3.05) is 6.61 Å². The zero-order chi connectivity index (χ0) is 22.2. The van der Waals surface area contributed by atoms with Gasteiger partial charge in [0.05, 0.1) is 0 Å². The minimum Gasteiger partial charge on any atom is -0.483 e. The SMILES string of the molecule is Cc1cc(Cl)ccc1OCC(=O)NC(=S)NNC(=O)c1ccc(-c2ccccc2)cc1. The fourth-order valence-corrected chi connectivity index (χ4v) is 3.13. The quantitative estimate of drug-likeness (QED) is 0.401. The highest BCUT2D eigenvalue weighted by atomic mass is 35.5. The Morgan fingerprint density at radius 2 is 1.61 bits per heavy atom. The summed E-state index contributed by atoms with van der Waals surface area (Å²) >= 11 is 10.9. The fourth-order valence-electron chi connectivity index (χ4n) is 2.74. The van der Waals surface area contributed by atoms with E-state index in [9.17, 15) is 9.59 Å². The second-order valence-electron chi connectivity index (χ2n) is 6.60. The summed E-state index contributed by atoms with van der Waals surface area (Å²) in [5.74, 6) is -0.303. The molecule has 6 nitrogen and oxygen atoms in total. The Bertz CT molecular complexity index is 1090. The average Bonchev–Trinajstić information content (AvgIpc) is 2.77. The first-order valence-electron chi connectivity index (χ1n) is 9.37. The van der Waals surface area contributed by atoms with Crippen LogP contribution in [0.1, 0.15) is 15.9 Å². The molecule has 0 aliphatic rings. The number of carbonyl (C=O) groups is 2. The van der Waals surface area contributed by atoms with Crippen LogP contribution in [0.4, 0.5) is 0 Å². The fraction of sp³-hybridized carbons (Fsp3) is 0.0870. The molecule has 0 atom stereocenters. The number of ether oxygens (including phenoxy) is 1. The molecule has 8 heteroatoms. The van der Waals surface area contributed by atoms with E-state index in [1.54, 1.807) is 30.3 Å². The van der Waals surface area contributed by atoms with Crippen LogP contribution >= 0.6 is 23.8 Å². The number of nitrogens with one attached hydrogen (secondary N) is 3. The molecule has 3 rings (SSSR count). The molecule has 0 aliphatic carbocycles. The molecule has 0 aliphatic heterocycles. The molecular formula is C23H20ClN3O3S. The van der Waals surface area contributed by atoms with Gasteiger partial charge in [0.25, 0.3) is 11.8 Å². The topological polar surface area (TPSA) is 79.5 Å². The van der Waals surface area contributed by atoms with Crippen LogP contribution in [0.3, 0.4) is 0 Å². The predicted octanol–water partition coefficient (Wildman–Crippen LogP) is 4.03. The first-order valence-corrected chi connectivity index (χ1v) is 10.2. The smallest absolute Gasteiger partial charge is 0.269 e. The Morgan fingerprint density at radius 3 is 2.29 bits per heavy atom. The molecule has 3 N–H and O–H groups in total. The molecule has 0 aromatic heterocycles. The van der Waals surface area contributed by atoms with Gasteiger partial charge in [0, 0.05) is 10.6 Å². The van der Waals surface area contributed by atoms with Gasteiger partial charge in [0.1, 0.15) is 5.75 Å². The van der Waals surface area contributed by atoms with Crippen molar-refractivity contribution in [1.29, 1.82) is 0 Å². The lowest BCUT2D eigenvalue weighted by atomic mass is 10.0.